The third-order valence-corrected chi connectivity index (χ3v) is 3.75. The van der Waals surface area contributed by atoms with Crippen LogP contribution in [-0.2, 0) is 9.59 Å². The Hall–Kier alpha value is -2.62. The maximum atomic E-state index is 13.6. The van der Waals surface area contributed by atoms with Crippen LogP contribution in [0.2, 0.25) is 0 Å². The van der Waals surface area contributed by atoms with E-state index < -0.39 is 41.0 Å². The van der Waals surface area contributed by atoms with Crippen molar-refractivity contribution in [2.24, 2.45) is 0 Å². The van der Waals surface area contributed by atoms with E-state index in [0.717, 1.165) is 18.9 Å². The number of carbonyl (C=O) groups is 3. The van der Waals surface area contributed by atoms with Crippen LogP contribution in [0.3, 0.4) is 0 Å². The monoisotopic (exact) mass is 386 g/mol. The predicted molar refractivity (Wildman–Crippen MR) is 91.4 cm³/mol. The highest BCUT2D eigenvalue weighted by Crippen LogP contribution is 2.19. The molecule has 1 aliphatic carbocycles. The molecule has 148 valence electrons. The molecule has 0 bridgehead atoms. The molecule has 0 saturated heterocycles. The summed E-state index contributed by atoms with van der Waals surface area (Å²) in [5, 5.41) is 6.92. The summed E-state index contributed by atoms with van der Waals surface area (Å²) < 4.78 is 39.8. The van der Waals surface area contributed by atoms with E-state index in [9.17, 15) is 27.6 Å². The number of carbonyl (C=O) groups excluding carboxylic acids is 3. The van der Waals surface area contributed by atoms with E-state index in [1.807, 2.05) is 6.92 Å². The van der Waals surface area contributed by atoms with Crippen LogP contribution in [0.5, 0.6) is 0 Å². The van der Waals surface area contributed by atoms with Crippen LogP contribution in [0.4, 0.5) is 23.7 Å². The molecule has 1 aliphatic rings. The number of amides is 4. The van der Waals surface area contributed by atoms with Gasteiger partial charge in [-0.3, -0.25) is 19.8 Å². The van der Waals surface area contributed by atoms with Gasteiger partial charge >= 0.3 is 6.03 Å². The van der Waals surface area contributed by atoms with Crippen molar-refractivity contribution in [3.05, 3.63) is 29.6 Å². The maximum Gasteiger partial charge on any atom is 0.321 e. The molecule has 2 rings (SSSR count). The molecule has 1 aromatic rings. The highest BCUT2D eigenvalue weighted by Gasteiger charge is 2.24. The number of hydrogen-bond acceptors (Lipinski definition) is 4. The molecule has 4 amide bonds. The molecule has 0 radical (unpaired) electrons. The van der Waals surface area contributed by atoms with E-state index in [1.165, 1.54) is 4.90 Å². The van der Waals surface area contributed by atoms with Crippen LogP contribution in [0.25, 0.3) is 0 Å². The number of nitrogens with one attached hydrogen (secondary N) is 3. The van der Waals surface area contributed by atoms with Gasteiger partial charge in [0, 0.05) is 6.04 Å². The number of nitrogens with zero attached hydrogens (tertiary/aromatic N) is 1. The number of anilines is 1. The van der Waals surface area contributed by atoms with Crippen molar-refractivity contribution < 1.29 is 27.6 Å². The highest BCUT2D eigenvalue weighted by atomic mass is 19.2. The Labute approximate surface area is 154 Å². The lowest BCUT2D eigenvalue weighted by atomic mass is 10.2. The van der Waals surface area contributed by atoms with Gasteiger partial charge in [-0.2, -0.15) is 0 Å². The molecular weight excluding hydrogens is 365 g/mol. The summed E-state index contributed by atoms with van der Waals surface area (Å²) in [5.41, 5.74) is -0.497. The smallest absolute Gasteiger partial charge is 0.321 e. The van der Waals surface area contributed by atoms with Crippen molar-refractivity contribution in [1.82, 2.24) is 15.5 Å². The summed E-state index contributed by atoms with van der Waals surface area (Å²) in [7, 11) is 0. The lowest BCUT2D eigenvalue weighted by Gasteiger charge is -2.20. The Bertz CT molecular complexity index is 726. The molecular formula is C17H21F3N4O3. The number of imide groups is 1. The minimum atomic E-state index is -1.68. The largest absolute Gasteiger partial charge is 0.335 e. The zero-order valence-electron chi connectivity index (χ0n) is 14.8. The summed E-state index contributed by atoms with van der Waals surface area (Å²) in [6, 6.07) is 1.11. The molecule has 0 atom stereocenters. The van der Waals surface area contributed by atoms with Crippen molar-refractivity contribution in [2.75, 3.05) is 25.0 Å². The van der Waals surface area contributed by atoms with Crippen molar-refractivity contribution in [2.45, 2.75) is 32.2 Å². The second-order valence-corrected chi connectivity index (χ2v) is 6.28. The average Bonchev–Trinajstić information content (AvgIpc) is 3.39. The molecule has 0 heterocycles. The SMILES string of the molecule is CCCN(CC(=O)NC(=O)NC1CC1)CC(=O)Nc1ccc(F)c(F)c1F. The molecule has 3 N–H and O–H groups in total. The second kappa shape index (κ2) is 9.36. The molecule has 10 heteroatoms. The summed E-state index contributed by atoms with van der Waals surface area (Å²) in [4.78, 5) is 37.0. The molecule has 0 spiro atoms. The third-order valence-electron chi connectivity index (χ3n) is 3.75. The Morgan fingerprint density at radius 1 is 1.07 bits per heavy atom. The zero-order chi connectivity index (χ0) is 20.0. The molecule has 0 aromatic heterocycles. The van der Waals surface area contributed by atoms with Crippen LogP contribution in [0, 0.1) is 17.5 Å². The van der Waals surface area contributed by atoms with Gasteiger partial charge in [0.2, 0.25) is 11.8 Å². The van der Waals surface area contributed by atoms with Gasteiger partial charge in [-0.25, -0.2) is 18.0 Å². The fourth-order valence-corrected chi connectivity index (χ4v) is 2.36. The molecule has 1 aromatic carbocycles. The average molecular weight is 386 g/mol. The van der Waals surface area contributed by atoms with Crippen LogP contribution in [-0.4, -0.2) is 48.4 Å². The van der Waals surface area contributed by atoms with Crippen molar-refractivity contribution in [1.29, 1.82) is 0 Å². The first kappa shape index (κ1) is 20.7. The second-order valence-electron chi connectivity index (χ2n) is 6.28. The standard InChI is InChI=1S/C17H21F3N4O3/c1-2-7-24(9-14(26)23-17(27)21-10-3-4-10)8-13(25)22-12-6-5-11(18)15(19)16(12)20/h5-6,10H,2-4,7-9H2,1H3,(H,22,25)(H2,21,23,26,27). The van der Waals surface area contributed by atoms with E-state index in [1.54, 1.807) is 0 Å². The predicted octanol–water partition coefficient (Wildman–Crippen LogP) is 1.74. The van der Waals surface area contributed by atoms with Crippen molar-refractivity contribution in [3.8, 4) is 0 Å². The van der Waals surface area contributed by atoms with Crippen LogP contribution in [0.1, 0.15) is 26.2 Å². The van der Waals surface area contributed by atoms with Gasteiger partial charge < -0.3 is 10.6 Å². The lowest BCUT2D eigenvalue weighted by Crippen LogP contribution is -2.46. The summed E-state index contributed by atoms with van der Waals surface area (Å²) in [6.45, 7) is 1.69. The normalized spacial score (nSPS) is 13.4. The van der Waals surface area contributed by atoms with Crippen molar-refractivity contribution in [3.63, 3.8) is 0 Å². The Morgan fingerprint density at radius 2 is 1.74 bits per heavy atom. The van der Waals surface area contributed by atoms with Gasteiger partial charge in [0.15, 0.2) is 17.5 Å². The first-order chi connectivity index (χ1) is 12.8. The molecule has 27 heavy (non-hydrogen) atoms. The Balaban J connectivity index is 1.88. The van der Waals surface area contributed by atoms with E-state index in [4.69, 9.17) is 0 Å². The van der Waals surface area contributed by atoms with E-state index in [-0.39, 0.29) is 19.1 Å². The molecule has 0 unspecified atom stereocenters. The molecule has 0 aliphatic heterocycles. The van der Waals surface area contributed by atoms with Gasteiger partial charge in [-0.1, -0.05) is 6.92 Å². The van der Waals surface area contributed by atoms with Gasteiger partial charge in [0.1, 0.15) is 0 Å². The number of rotatable bonds is 8. The van der Waals surface area contributed by atoms with Crippen molar-refractivity contribution >= 4 is 23.5 Å². The van der Waals surface area contributed by atoms with Crippen LogP contribution in [0.15, 0.2) is 12.1 Å². The van der Waals surface area contributed by atoms with Gasteiger partial charge in [0.05, 0.1) is 18.8 Å². The first-order valence-electron chi connectivity index (χ1n) is 8.56. The summed E-state index contributed by atoms with van der Waals surface area (Å²) in [5.74, 6) is -5.84. The topological polar surface area (TPSA) is 90.5 Å². The quantitative estimate of drug-likeness (QED) is 0.594. The number of urea groups is 1. The van der Waals surface area contributed by atoms with Gasteiger partial charge in [-0.15, -0.1) is 0 Å². The van der Waals surface area contributed by atoms with Crippen LogP contribution < -0.4 is 16.0 Å². The van der Waals surface area contributed by atoms with E-state index in [0.29, 0.717) is 19.0 Å². The number of hydrogen-bond donors (Lipinski definition) is 3. The molecule has 1 fully saturated rings. The highest BCUT2D eigenvalue weighted by molar-refractivity contribution is 5.96. The van der Waals surface area contributed by atoms with E-state index >= 15 is 0 Å². The fourth-order valence-electron chi connectivity index (χ4n) is 2.36. The third kappa shape index (κ3) is 6.55. The maximum absolute atomic E-state index is 13.6. The van der Waals surface area contributed by atoms with Gasteiger partial charge in [-0.05, 0) is 37.9 Å². The number of benzene rings is 1. The first-order valence-corrected chi connectivity index (χ1v) is 8.56. The van der Waals surface area contributed by atoms with Gasteiger partial charge in [0.25, 0.3) is 0 Å². The molecule has 7 nitrogen and oxygen atoms in total. The number of halogens is 3. The van der Waals surface area contributed by atoms with Crippen LogP contribution >= 0.6 is 0 Å². The Morgan fingerprint density at radius 3 is 2.37 bits per heavy atom. The minimum Gasteiger partial charge on any atom is -0.335 e. The zero-order valence-corrected chi connectivity index (χ0v) is 14.8. The summed E-state index contributed by atoms with van der Waals surface area (Å²) in [6.07, 6.45) is 2.38. The minimum absolute atomic E-state index is 0.0984. The van der Waals surface area contributed by atoms with E-state index in [2.05, 4.69) is 16.0 Å². The summed E-state index contributed by atoms with van der Waals surface area (Å²) >= 11 is 0. The molecule has 1 saturated carbocycles. The lowest BCUT2D eigenvalue weighted by molar-refractivity contribution is -0.122. The fraction of sp³-hybridized carbons (Fsp3) is 0.471. The Kier molecular flexibility index (Phi) is 7.17.